The molecule has 0 aliphatic rings. The van der Waals surface area contributed by atoms with Crippen molar-refractivity contribution in [3.8, 4) is 0 Å². The van der Waals surface area contributed by atoms with Gasteiger partial charge in [0.25, 0.3) is 0 Å². The molecule has 2 nitrogen and oxygen atoms in total. The average molecular weight is 254 g/mol. The predicted octanol–water partition coefficient (Wildman–Crippen LogP) is 3.64. The number of hydrogen-bond donors (Lipinski definition) is 1. The van der Waals surface area contributed by atoms with Gasteiger partial charge in [-0.2, -0.15) is 0 Å². The number of ketones is 1. The van der Waals surface area contributed by atoms with Crippen LogP contribution in [0.2, 0.25) is 5.02 Å². The number of benzene rings is 1. The molecule has 1 N–H and O–H groups in total. The highest BCUT2D eigenvalue weighted by atomic mass is 35.5. The zero-order valence-electron chi connectivity index (χ0n) is 8.34. The van der Waals surface area contributed by atoms with Gasteiger partial charge >= 0.3 is 0 Å². The van der Waals surface area contributed by atoms with E-state index in [1.807, 2.05) is 24.4 Å². The summed E-state index contributed by atoms with van der Waals surface area (Å²) in [6.45, 7) is 0. The number of aromatic amines is 1. The van der Waals surface area contributed by atoms with Gasteiger partial charge in [0.1, 0.15) is 0 Å². The molecule has 4 heteroatoms. The van der Waals surface area contributed by atoms with Gasteiger partial charge in [-0.3, -0.25) is 4.79 Å². The number of fused-ring (bicyclic) bond motifs is 1. The molecule has 0 unspecified atom stereocenters. The minimum atomic E-state index is -0.122. The van der Waals surface area contributed by atoms with E-state index in [-0.39, 0.29) is 11.7 Å². The Balaban J connectivity index is 2.46. The Hall–Kier alpha value is -1.25. The van der Waals surface area contributed by atoms with E-state index in [1.54, 1.807) is 6.08 Å². The monoisotopic (exact) mass is 253 g/mol. The normalized spacial score (nSPS) is 11.4. The topological polar surface area (TPSA) is 32.9 Å². The summed E-state index contributed by atoms with van der Waals surface area (Å²) in [7, 11) is 0. The number of H-pyrrole nitrogens is 1. The molecule has 0 aliphatic carbocycles. The van der Waals surface area contributed by atoms with E-state index in [1.165, 1.54) is 6.08 Å². The Morgan fingerprint density at radius 3 is 3.00 bits per heavy atom. The van der Waals surface area contributed by atoms with E-state index in [4.69, 9.17) is 23.2 Å². The van der Waals surface area contributed by atoms with Crippen LogP contribution >= 0.6 is 23.2 Å². The Morgan fingerprint density at radius 1 is 1.44 bits per heavy atom. The zero-order valence-corrected chi connectivity index (χ0v) is 9.85. The van der Waals surface area contributed by atoms with Crippen molar-refractivity contribution >= 4 is 46.0 Å². The van der Waals surface area contributed by atoms with Gasteiger partial charge < -0.3 is 4.98 Å². The second-order valence-electron chi connectivity index (χ2n) is 3.34. The van der Waals surface area contributed by atoms with E-state index >= 15 is 0 Å². The van der Waals surface area contributed by atoms with Crippen LogP contribution in [-0.4, -0.2) is 16.6 Å². The van der Waals surface area contributed by atoms with E-state index < -0.39 is 0 Å². The van der Waals surface area contributed by atoms with Crippen LogP contribution in [0, 0.1) is 0 Å². The SMILES string of the molecule is O=C(C=Cc1c[nH]c2cccc(Cl)c12)CCl. The summed E-state index contributed by atoms with van der Waals surface area (Å²) >= 11 is 11.5. The van der Waals surface area contributed by atoms with Gasteiger partial charge in [0.2, 0.25) is 0 Å². The number of rotatable bonds is 3. The van der Waals surface area contributed by atoms with Gasteiger partial charge in [-0.25, -0.2) is 0 Å². The van der Waals surface area contributed by atoms with Crippen molar-refractivity contribution in [2.75, 3.05) is 5.88 Å². The molecule has 0 fully saturated rings. The van der Waals surface area contributed by atoms with E-state index in [9.17, 15) is 4.79 Å². The summed E-state index contributed by atoms with van der Waals surface area (Å²) in [5.74, 6) is -0.130. The predicted molar refractivity (Wildman–Crippen MR) is 68.1 cm³/mol. The third kappa shape index (κ3) is 2.13. The summed E-state index contributed by atoms with van der Waals surface area (Å²) in [5, 5.41) is 1.58. The van der Waals surface area contributed by atoms with Gasteiger partial charge in [0, 0.05) is 22.7 Å². The third-order valence-corrected chi connectivity index (χ3v) is 2.84. The second-order valence-corrected chi connectivity index (χ2v) is 4.01. The maximum atomic E-state index is 11.1. The van der Waals surface area contributed by atoms with E-state index in [0.29, 0.717) is 5.02 Å². The van der Waals surface area contributed by atoms with Gasteiger partial charge in [-0.05, 0) is 24.3 Å². The Kier molecular flexibility index (Phi) is 3.32. The lowest BCUT2D eigenvalue weighted by Crippen LogP contribution is -1.91. The van der Waals surface area contributed by atoms with Crippen LogP contribution in [0.25, 0.3) is 17.0 Å². The number of hydrogen-bond acceptors (Lipinski definition) is 1. The molecule has 0 bridgehead atoms. The van der Waals surface area contributed by atoms with Crippen LogP contribution in [-0.2, 0) is 4.79 Å². The Bertz CT molecular complexity index is 557. The largest absolute Gasteiger partial charge is 0.361 e. The zero-order chi connectivity index (χ0) is 11.5. The molecule has 1 aromatic carbocycles. The second kappa shape index (κ2) is 4.73. The summed E-state index contributed by atoms with van der Waals surface area (Å²) < 4.78 is 0. The van der Waals surface area contributed by atoms with Gasteiger partial charge in [-0.15, -0.1) is 11.6 Å². The maximum absolute atomic E-state index is 11.1. The van der Waals surface area contributed by atoms with E-state index in [0.717, 1.165) is 16.5 Å². The van der Waals surface area contributed by atoms with Crippen LogP contribution in [0.3, 0.4) is 0 Å². The fraction of sp³-hybridized carbons (Fsp3) is 0.0833. The molecule has 2 rings (SSSR count). The van der Waals surface area contributed by atoms with Gasteiger partial charge in [0.15, 0.2) is 5.78 Å². The average Bonchev–Trinajstić information content (AvgIpc) is 2.70. The molecule has 82 valence electrons. The molecule has 0 radical (unpaired) electrons. The number of carbonyl (C=O) groups excluding carboxylic acids is 1. The number of carbonyl (C=O) groups is 1. The van der Waals surface area contributed by atoms with Crippen LogP contribution in [0.15, 0.2) is 30.5 Å². The van der Waals surface area contributed by atoms with Gasteiger partial charge in [0.05, 0.1) is 10.9 Å². The molecule has 2 aromatic rings. The Morgan fingerprint density at radius 2 is 2.25 bits per heavy atom. The highest BCUT2D eigenvalue weighted by molar-refractivity contribution is 6.36. The summed E-state index contributed by atoms with van der Waals surface area (Å²) in [6, 6.07) is 5.62. The highest BCUT2D eigenvalue weighted by Crippen LogP contribution is 2.27. The summed E-state index contributed by atoms with van der Waals surface area (Å²) in [5.41, 5.74) is 1.84. The molecule has 0 spiro atoms. The van der Waals surface area contributed by atoms with E-state index in [2.05, 4.69) is 4.98 Å². The van der Waals surface area contributed by atoms with Crippen LogP contribution in [0.1, 0.15) is 5.56 Å². The molecule has 0 saturated carbocycles. The summed E-state index contributed by atoms with van der Waals surface area (Å²) in [6.07, 6.45) is 4.99. The maximum Gasteiger partial charge on any atom is 0.170 e. The lowest BCUT2D eigenvalue weighted by Gasteiger charge is -1.95. The molecular formula is C12H9Cl2NO. The smallest absolute Gasteiger partial charge is 0.170 e. The van der Waals surface area contributed by atoms with Crippen LogP contribution < -0.4 is 0 Å². The molecule has 0 aliphatic heterocycles. The number of halogens is 2. The van der Waals surface area contributed by atoms with Gasteiger partial charge in [-0.1, -0.05) is 17.7 Å². The van der Waals surface area contributed by atoms with Crippen molar-refractivity contribution in [2.24, 2.45) is 0 Å². The first-order valence-electron chi connectivity index (χ1n) is 4.75. The van der Waals surface area contributed by atoms with Crippen molar-refractivity contribution in [1.82, 2.24) is 4.98 Å². The molecule has 0 saturated heterocycles. The van der Waals surface area contributed by atoms with Crippen molar-refractivity contribution < 1.29 is 4.79 Å². The Labute approximate surface area is 103 Å². The van der Waals surface area contributed by atoms with Crippen LogP contribution in [0.4, 0.5) is 0 Å². The molecule has 0 amide bonds. The highest BCUT2D eigenvalue weighted by Gasteiger charge is 2.04. The minimum Gasteiger partial charge on any atom is -0.361 e. The fourth-order valence-electron chi connectivity index (χ4n) is 1.52. The summed E-state index contributed by atoms with van der Waals surface area (Å²) in [4.78, 5) is 14.2. The first-order valence-corrected chi connectivity index (χ1v) is 5.66. The number of nitrogens with one attached hydrogen (secondary N) is 1. The first kappa shape index (κ1) is 11.2. The lowest BCUT2D eigenvalue weighted by atomic mass is 10.1. The lowest BCUT2D eigenvalue weighted by molar-refractivity contribution is -0.112. The minimum absolute atomic E-state index is 0.00735. The van der Waals surface area contributed by atoms with Crippen molar-refractivity contribution in [2.45, 2.75) is 0 Å². The van der Waals surface area contributed by atoms with Crippen molar-refractivity contribution in [3.63, 3.8) is 0 Å². The molecule has 16 heavy (non-hydrogen) atoms. The first-order chi connectivity index (χ1) is 7.72. The molecule has 0 atom stereocenters. The molecule has 1 aromatic heterocycles. The van der Waals surface area contributed by atoms with Crippen molar-refractivity contribution in [3.05, 3.63) is 41.1 Å². The number of allylic oxidation sites excluding steroid dienone is 1. The number of aromatic nitrogens is 1. The fourth-order valence-corrected chi connectivity index (χ4v) is 1.90. The molecular weight excluding hydrogens is 245 g/mol. The quantitative estimate of drug-likeness (QED) is 0.658. The third-order valence-electron chi connectivity index (χ3n) is 2.27. The molecule has 1 heterocycles. The number of alkyl halides is 1. The van der Waals surface area contributed by atoms with Crippen molar-refractivity contribution in [1.29, 1.82) is 0 Å². The standard InChI is InChI=1S/C12H9Cl2NO/c13-6-9(16)5-4-8-7-15-11-3-1-2-10(14)12(8)11/h1-5,7,15H,6H2. The van der Waals surface area contributed by atoms with Crippen LogP contribution in [0.5, 0.6) is 0 Å².